The Balaban J connectivity index is 1.90. The van der Waals surface area contributed by atoms with Crippen molar-refractivity contribution in [1.29, 1.82) is 0 Å². The molecule has 0 spiro atoms. The Morgan fingerprint density at radius 2 is 2.16 bits per heavy atom. The van der Waals surface area contributed by atoms with Gasteiger partial charge in [0.1, 0.15) is 5.75 Å². The standard InChI is InChI=1S/C16H26N2O/c1-16(2,3)17-11-13-8-9-18(12-13)14-6-5-7-15(10-14)19-4/h5-7,10,13,17H,8-9,11-12H2,1-4H3. The molecule has 0 saturated carbocycles. The van der Waals surface area contributed by atoms with Crippen LogP contribution in [-0.4, -0.2) is 32.3 Å². The summed E-state index contributed by atoms with van der Waals surface area (Å²) in [5.41, 5.74) is 1.49. The van der Waals surface area contributed by atoms with Crippen molar-refractivity contribution in [3.63, 3.8) is 0 Å². The van der Waals surface area contributed by atoms with Crippen LogP contribution < -0.4 is 15.0 Å². The number of methoxy groups -OCH3 is 1. The first-order valence-corrected chi connectivity index (χ1v) is 7.12. The molecule has 0 aliphatic carbocycles. The predicted octanol–water partition coefficient (Wildman–Crippen LogP) is 2.91. The monoisotopic (exact) mass is 262 g/mol. The minimum atomic E-state index is 0.212. The van der Waals surface area contributed by atoms with Gasteiger partial charge < -0.3 is 15.0 Å². The van der Waals surface area contributed by atoms with Crippen LogP contribution in [0.15, 0.2) is 24.3 Å². The van der Waals surface area contributed by atoms with E-state index in [9.17, 15) is 0 Å². The highest BCUT2D eigenvalue weighted by molar-refractivity contribution is 5.51. The molecule has 3 heteroatoms. The topological polar surface area (TPSA) is 24.5 Å². The Kier molecular flexibility index (Phi) is 4.35. The fourth-order valence-electron chi connectivity index (χ4n) is 2.49. The molecule has 1 unspecified atom stereocenters. The maximum atomic E-state index is 5.29. The molecule has 3 nitrogen and oxygen atoms in total. The zero-order chi connectivity index (χ0) is 13.9. The summed E-state index contributed by atoms with van der Waals surface area (Å²) in [5, 5.41) is 3.61. The van der Waals surface area contributed by atoms with Crippen molar-refractivity contribution in [2.75, 3.05) is 31.6 Å². The third-order valence-corrected chi connectivity index (χ3v) is 3.63. The van der Waals surface area contributed by atoms with Gasteiger partial charge in [0, 0.05) is 36.9 Å². The van der Waals surface area contributed by atoms with Crippen LogP contribution in [0, 0.1) is 5.92 Å². The zero-order valence-corrected chi connectivity index (χ0v) is 12.6. The Labute approximate surface area is 116 Å². The summed E-state index contributed by atoms with van der Waals surface area (Å²) in [6.07, 6.45) is 1.26. The van der Waals surface area contributed by atoms with Gasteiger partial charge in [0.2, 0.25) is 0 Å². The van der Waals surface area contributed by atoms with Crippen LogP contribution in [0.2, 0.25) is 0 Å². The van der Waals surface area contributed by atoms with E-state index in [4.69, 9.17) is 4.74 Å². The van der Waals surface area contributed by atoms with Gasteiger partial charge in [0.25, 0.3) is 0 Å². The first kappa shape index (κ1) is 14.2. The lowest BCUT2D eigenvalue weighted by atomic mass is 10.1. The van der Waals surface area contributed by atoms with Gasteiger partial charge in [0.15, 0.2) is 0 Å². The highest BCUT2D eigenvalue weighted by Gasteiger charge is 2.24. The largest absolute Gasteiger partial charge is 0.497 e. The van der Waals surface area contributed by atoms with Crippen molar-refractivity contribution in [3.05, 3.63) is 24.3 Å². The Hall–Kier alpha value is -1.22. The summed E-state index contributed by atoms with van der Waals surface area (Å²) >= 11 is 0. The number of rotatable bonds is 4. The molecule has 0 aromatic heterocycles. The van der Waals surface area contributed by atoms with Gasteiger partial charge in [0.05, 0.1) is 7.11 Å². The minimum Gasteiger partial charge on any atom is -0.497 e. The molecule has 1 heterocycles. The molecule has 1 fully saturated rings. The lowest BCUT2D eigenvalue weighted by Crippen LogP contribution is -2.39. The molecule has 0 bridgehead atoms. The van der Waals surface area contributed by atoms with Crippen LogP contribution in [0.3, 0.4) is 0 Å². The molecule has 0 amide bonds. The number of hydrogen-bond acceptors (Lipinski definition) is 3. The second kappa shape index (κ2) is 5.83. The third kappa shape index (κ3) is 4.13. The van der Waals surface area contributed by atoms with Crippen LogP contribution in [0.4, 0.5) is 5.69 Å². The molecule has 19 heavy (non-hydrogen) atoms. The highest BCUT2D eigenvalue weighted by atomic mass is 16.5. The summed E-state index contributed by atoms with van der Waals surface area (Å²) in [6, 6.07) is 8.36. The average Bonchev–Trinajstić information content (AvgIpc) is 2.84. The van der Waals surface area contributed by atoms with E-state index in [1.54, 1.807) is 7.11 Å². The number of benzene rings is 1. The van der Waals surface area contributed by atoms with Crippen LogP contribution >= 0.6 is 0 Å². The summed E-state index contributed by atoms with van der Waals surface area (Å²) in [7, 11) is 1.72. The van der Waals surface area contributed by atoms with Gasteiger partial charge in [-0.25, -0.2) is 0 Å². The van der Waals surface area contributed by atoms with E-state index in [1.807, 2.05) is 6.07 Å². The van der Waals surface area contributed by atoms with Crippen molar-refractivity contribution >= 4 is 5.69 Å². The van der Waals surface area contributed by atoms with Crippen LogP contribution in [0.5, 0.6) is 5.75 Å². The Morgan fingerprint density at radius 1 is 1.37 bits per heavy atom. The van der Waals surface area contributed by atoms with Gasteiger partial charge in [-0.1, -0.05) is 6.07 Å². The van der Waals surface area contributed by atoms with E-state index in [0.717, 1.165) is 31.3 Å². The number of ether oxygens (including phenoxy) is 1. The smallest absolute Gasteiger partial charge is 0.120 e. The maximum Gasteiger partial charge on any atom is 0.120 e. The quantitative estimate of drug-likeness (QED) is 0.903. The summed E-state index contributed by atoms with van der Waals surface area (Å²) < 4.78 is 5.29. The third-order valence-electron chi connectivity index (χ3n) is 3.63. The molecule has 1 saturated heterocycles. The Bertz CT molecular complexity index is 411. The van der Waals surface area contributed by atoms with E-state index in [-0.39, 0.29) is 5.54 Å². The fraction of sp³-hybridized carbons (Fsp3) is 0.625. The summed E-state index contributed by atoms with van der Waals surface area (Å²) in [5.74, 6) is 1.68. The summed E-state index contributed by atoms with van der Waals surface area (Å²) in [4.78, 5) is 2.46. The predicted molar refractivity (Wildman–Crippen MR) is 81.1 cm³/mol. The first-order chi connectivity index (χ1) is 8.98. The van der Waals surface area contributed by atoms with Crippen molar-refractivity contribution in [3.8, 4) is 5.75 Å². The van der Waals surface area contributed by atoms with Crippen LogP contribution in [-0.2, 0) is 0 Å². The van der Waals surface area contributed by atoms with Gasteiger partial charge in [-0.15, -0.1) is 0 Å². The maximum absolute atomic E-state index is 5.29. The molecular formula is C16H26N2O. The first-order valence-electron chi connectivity index (χ1n) is 7.12. The number of nitrogens with one attached hydrogen (secondary N) is 1. The number of nitrogens with zero attached hydrogens (tertiary/aromatic N) is 1. The molecule has 0 radical (unpaired) electrons. The van der Waals surface area contributed by atoms with Gasteiger partial charge in [-0.05, 0) is 45.2 Å². The second-order valence-electron chi connectivity index (χ2n) is 6.43. The number of hydrogen-bond donors (Lipinski definition) is 1. The molecule has 1 aromatic carbocycles. The fourth-order valence-corrected chi connectivity index (χ4v) is 2.49. The van der Waals surface area contributed by atoms with E-state index in [0.29, 0.717) is 0 Å². The SMILES string of the molecule is COc1cccc(N2CCC(CNC(C)(C)C)C2)c1. The Morgan fingerprint density at radius 3 is 2.84 bits per heavy atom. The normalized spacial score (nSPS) is 19.8. The lowest BCUT2D eigenvalue weighted by molar-refractivity contribution is 0.383. The second-order valence-corrected chi connectivity index (χ2v) is 6.43. The minimum absolute atomic E-state index is 0.212. The van der Waals surface area contributed by atoms with Crippen molar-refractivity contribution in [2.45, 2.75) is 32.7 Å². The van der Waals surface area contributed by atoms with Gasteiger partial charge >= 0.3 is 0 Å². The average molecular weight is 262 g/mol. The molecular weight excluding hydrogens is 236 g/mol. The molecule has 1 aromatic rings. The number of anilines is 1. The molecule has 1 N–H and O–H groups in total. The molecule has 1 aliphatic rings. The van der Waals surface area contributed by atoms with E-state index < -0.39 is 0 Å². The van der Waals surface area contributed by atoms with Gasteiger partial charge in [-0.2, -0.15) is 0 Å². The molecule has 106 valence electrons. The van der Waals surface area contributed by atoms with Crippen molar-refractivity contribution in [2.24, 2.45) is 5.92 Å². The molecule has 1 aliphatic heterocycles. The van der Waals surface area contributed by atoms with Crippen molar-refractivity contribution < 1.29 is 4.74 Å². The van der Waals surface area contributed by atoms with Crippen LogP contribution in [0.1, 0.15) is 27.2 Å². The van der Waals surface area contributed by atoms with E-state index in [1.165, 1.54) is 12.1 Å². The van der Waals surface area contributed by atoms with E-state index >= 15 is 0 Å². The lowest BCUT2D eigenvalue weighted by Gasteiger charge is -2.24. The van der Waals surface area contributed by atoms with E-state index in [2.05, 4.69) is 49.2 Å². The molecule has 1 atom stereocenters. The highest BCUT2D eigenvalue weighted by Crippen LogP contribution is 2.26. The zero-order valence-electron chi connectivity index (χ0n) is 12.6. The van der Waals surface area contributed by atoms with Gasteiger partial charge in [-0.3, -0.25) is 0 Å². The van der Waals surface area contributed by atoms with Crippen molar-refractivity contribution in [1.82, 2.24) is 5.32 Å². The molecule has 2 rings (SSSR count). The summed E-state index contributed by atoms with van der Waals surface area (Å²) in [6.45, 7) is 10.1. The van der Waals surface area contributed by atoms with Crippen LogP contribution in [0.25, 0.3) is 0 Å².